The zero-order chi connectivity index (χ0) is 27.6. The van der Waals surface area contributed by atoms with Gasteiger partial charge in [0.05, 0.1) is 33.3 Å². The molecule has 0 radical (unpaired) electrons. The first-order valence-corrected chi connectivity index (χ1v) is 14.1. The summed E-state index contributed by atoms with van der Waals surface area (Å²) >= 11 is 0. The largest absolute Gasteiger partial charge is 0.454 e. The minimum Gasteiger partial charge on any atom is -0.454 e. The van der Waals surface area contributed by atoms with Gasteiger partial charge in [-0.15, -0.1) is 0 Å². The first-order valence-electron chi connectivity index (χ1n) is 14.1. The smallest absolute Gasteiger partial charge is 0.151 e. The minimum absolute atomic E-state index is 0.774. The van der Waals surface area contributed by atoms with Gasteiger partial charge in [0.15, 0.2) is 5.58 Å². The van der Waals surface area contributed by atoms with Gasteiger partial charge in [-0.05, 0) is 36.4 Å². The molecule has 196 valence electrons. The molecule has 6 aromatic carbocycles. The molecule has 42 heavy (non-hydrogen) atoms. The van der Waals surface area contributed by atoms with Crippen LogP contribution >= 0.6 is 0 Å². The molecule has 0 saturated heterocycles. The quantitative estimate of drug-likeness (QED) is 0.220. The fourth-order valence-electron chi connectivity index (χ4n) is 6.35. The summed E-state index contributed by atoms with van der Waals surface area (Å²) in [4.78, 5) is 10.4. The van der Waals surface area contributed by atoms with E-state index in [4.69, 9.17) is 14.4 Å². The summed E-state index contributed by atoms with van der Waals surface area (Å²) in [6.45, 7) is 0. The van der Waals surface area contributed by atoms with Crippen LogP contribution in [-0.2, 0) is 0 Å². The van der Waals surface area contributed by atoms with Crippen molar-refractivity contribution in [2.75, 3.05) is 0 Å². The lowest BCUT2D eigenvalue weighted by molar-refractivity contribution is 0.662. The number of hydrogen-bond acceptors (Lipinski definition) is 3. The van der Waals surface area contributed by atoms with Gasteiger partial charge in [-0.2, -0.15) is 0 Å². The lowest BCUT2D eigenvalue weighted by atomic mass is 10.00. The average Bonchev–Trinajstić information content (AvgIpc) is 3.39. The standard InChI is InChI=1S/C38H23N3O/c1-2-12-24(13-3-1)35-36(40-31-20-6-5-19-30(31)39-35)29-18-11-17-28-27-16-10-15-26-25-14-4-7-21-32(25)41(37(26)27)33-22-8-9-23-34(33)42-38(28)29/h1-23H. The van der Waals surface area contributed by atoms with Crippen LogP contribution < -0.4 is 0 Å². The number of para-hydroxylation sites is 7. The van der Waals surface area contributed by atoms with E-state index in [9.17, 15) is 0 Å². The highest BCUT2D eigenvalue weighted by molar-refractivity contribution is 6.20. The molecule has 0 bridgehead atoms. The molecule has 3 heterocycles. The number of rotatable bonds is 2. The molecule has 0 N–H and O–H groups in total. The first kappa shape index (κ1) is 23.0. The predicted octanol–water partition coefficient (Wildman–Crippen LogP) is 9.98. The topological polar surface area (TPSA) is 43.3 Å². The van der Waals surface area contributed by atoms with E-state index in [1.165, 1.54) is 16.3 Å². The van der Waals surface area contributed by atoms with Gasteiger partial charge in [0.2, 0.25) is 0 Å². The van der Waals surface area contributed by atoms with Crippen molar-refractivity contribution in [2.45, 2.75) is 0 Å². The second kappa shape index (κ2) is 8.88. The van der Waals surface area contributed by atoms with Crippen molar-refractivity contribution in [3.63, 3.8) is 0 Å². The van der Waals surface area contributed by atoms with Gasteiger partial charge >= 0.3 is 0 Å². The molecule has 0 atom stereocenters. The number of benzene rings is 6. The van der Waals surface area contributed by atoms with E-state index >= 15 is 0 Å². The van der Waals surface area contributed by atoms with Crippen LogP contribution in [0, 0.1) is 0 Å². The third-order valence-corrected chi connectivity index (χ3v) is 8.19. The van der Waals surface area contributed by atoms with E-state index in [1.54, 1.807) is 0 Å². The SMILES string of the molecule is c1ccc(-c2nc3ccccc3nc2-c2cccc3c2oc2ccccc2n2c4ccccc4c4cccc3c42)cc1. The lowest BCUT2D eigenvalue weighted by Crippen LogP contribution is -1.96. The van der Waals surface area contributed by atoms with Crippen molar-refractivity contribution in [1.29, 1.82) is 0 Å². The summed E-state index contributed by atoms with van der Waals surface area (Å²) in [6.07, 6.45) is 0. The van der Waals surface area contributed by atoms with E-state index in [-0.39, 0.29) is 0 Å². The number of aromatic nitrogens is 3. The molecular weight excluding hydrogens is 514 g/mol. The summed E-state index contributed by atoms with van der Waals surface area (Å²) < 4.78 is 9.33. The van der Waals surface area contributed by atoms with Gasteiger partial charge in [-0.3, -0.25) is 0 Å². The Balaban J connectivity index is 1.52. The summed E-state index contributed by atoms with van der Waals surface area (Å²) in [7, 11) is 0. The highest BCUT2D eigenvalue weighted by Gasteiger charge is 2.19. The molecule has 0 fully saturated rings. The van der Waals surface area contributed by atoms with Gasteiger partial charge in [-0.1, -0.05) is 103 Å². The Labute approximate surface area is 240 Å². The summed E-state index contributed by atoms with van der Waals surface area (Å²) in [6, 6.07) is 48.1. The monoisotopic (exact) mass is 537 g/mol. The first-order chi connectivity index (χ1) is 20.8. The molecule has 0 spiro atoms. The molecule has 0 amide bonds. The molecule has 3 aromatic heterocycles. The van der Waals surface area contributed by atoms with Crippen LogP contribution in [0.5, 0.6) is 0 Å². The molecule has 0 unspecified atom stereocenters. The molecule has 9 aromatic rings. The lowest BCUT2D eigenvalue weighted by Gasteiger charge is -2.13. The highest BCUT2D eigenvalue weighted by atomic mass is 16.3. The van der Waals surface area contributed by atoms with Gasteiger partial charge in [0.25, 0.3) is 0 Å². The van der Waals surface area contributed by atoms with Gasteiger partial charge in [0, 0.05) is 32.7 Å². The average molecular weight is 538 g/mol. The van der Waals surface area contributed by atoms with Crippen molar-refractivity contribution >= 4 is 60.3 Å². The molecular formula is C38H23N3O. The Hall–Kier alpha value is -5.74. The third-order valence-electron chi connectivity index (χ3n) is 8.19. The highest BCUT2D eigenvalue weighted by Crippen LogP contribution is 2.40. The Morgan fingerprint density at radius 3 is 1.88 bits per heavy atom. The summed E-state index contributed by atoms with van der Waals surface area (Å²) in [5.74, 6) is 0. The Bertz CT molecular complexity index is 2520. The molecule has 4 nitrogen and oxygen atoms in total. The van der Waals surface area contributed by atoms with Crippen molar-refractivity contribution in [3.8, 4) is 22.5 Å². The molecule has 9 rings (SSSR count). The van der Waals surface area contributed by atoms with Crippen LogP contribution in [0.25, 0.3) is 82.8 Å². The zero-order valence-electron chi connectivity index (χ0n) is 22.5. The van der Waals surface area contributed by atoms with E-state index in [2.05, 4.69) is 95.4 Å². The van der Waals surface area contributed by atoms with Crippen molar-refractivity contribution in [2.24, 2.45) is 0 Å². The van der Waals surface area contributed by atoms with E-state index < -0.39 is 0 Å². The van der Waals surface area contributed by atoms with Crippen LogP contribution in [0.3, 0.4) is 0 Å². The molecule has 0 aliphatic carbocycles. The van der Waals surface area contributed by atoms with E-state index in [0.717, 1.165) is 66.5 Å². The maximum Gasteiger partial charge on any atom is 0.151 e. The van der Waals surface area contributed by atoms with Crippen LogP contribution in [0.15, 0.2) is 144 Å². The second-order valence-corrected chi connectivity index (χ2v) is 10.6. The van der Waals surface area contributed by atoms with E-state index in [1.807, 2.05) is 48.5 Å². The maximum absolute atomic E-state index is 6.99. The second-order valence-electron chi connectivity index (χ2n) is 10.6. The van der Waals surface area contributed by atoms with Crippen molar-refractivity contribution in [3.05, 3.63) is 140 Å². The maximum atomic E-state index is 6.99. The van der Waals surface area contributed by atoms with Gasteiger partial charge in [-0.25, -0.2) is 9.97 Å². The Morgan fingerprint density at radius 2 is 1.05 bits per heavy atom. The Morgan fingerprint density at radius 1 is 0.452 bits per heavy atom. The van der Waals surface area contributed by atoms with Gasteiger partial charge in [0.1, 0.15) is 11.3 Å². The summed E-state index contributed by atoms with van der Waals surface area (Å²) in [5, 5.41) is 4.57. The number of fused-ring (bicyclic) bond motifs is 8. The van der Waals surface area contributed by atoms with Crippen molar-refractivity contribution in [1.82, 2.24) is 14.4 Å². The van der Waals surface area contributed by atoms with E-state index in [0.29, 0.717) is 0 Å². The van der Waals surface area contributed by atoms with Crippen LogP contribution in [0.4, 0.5) is 0 Å². The molecule has 4 heteroatoms. The summed E-state index contributed by atoms with van der Waals surface area (Å²) in [5.41, 5.74) is 10.1. The molecule has 0 saturated carbocycles. The predicted molar refractivity (Wildman–Crippen MR) is 172 cm³/mol. The molecule has 0 aliphatic rings. The van der Waals surface area contributed by atoms with Crippen LogP contribution in [0.2, 0.25) is 0 Å². The normalized spacial score (nSPS) is 11.8. The fraction of sp³-hybridized carbons (Fsp3) is 0. The van der Waals surface area contributed by atoms with Crippen LogP contribution in [-0.4, -0.2) is 14.4 Å². The zero-order valence-corrected chi connectivity index (χ0v) is 22.5. The van der Waals surface area contributed by atoms with Crippen LogP contribution in [0.1, 0.15) is 0 Å². The Kier molecular flexibility index (Phi) is 4.87. The fourth-order valence-corrected chi connectivity index (χ4v) is 6.35. The van der Waals surface area contributed by atoms with Crippen molar-refractivity contribution < 1.29 is 4.42 Å². The van der Waals surface area contributed by atoms with Gasteiger partial charge < -0.3 is 8.82 Å². The number of hydrogen-bond donors (Lipinski definition) is 0. The third kappa shape index (κ3) is 3.29. The molecule has 0 aliphatic heterocycles. The number of nitrogens with zero attached hydrogens (tertiary/aromatic N) is 3. The minimum atomic E-state index is 0.774.